The van der Waals surface area contributed by atoms with Gasteiger partial charge in [0.1, 0.15) is 17.1 Å². The lowest BCUT2D eigenvalue weighted by molar-refractivity contribution is -0.141. The van der Waals surface area contributed by atoms with Crippen LogP contribution in [0, 0.1) is 13.8 Å². The highest BCUT2D eigenvalue weighted by Crippen LogP contribution is 2.34. The molecule has 0 spiro atoms. The second kappa shape index (κ2) is 14.2. The molecule has 2 amide bonds. The SMILES string of the molecule is COc1cc(Nc2ncc(-c3cnc(OC)c(C(=O)NS(=O)(=O)c4sc(NC(C)=O)nc4C)c3)c(-n3nc(C(F)(F)F)cc3C)n2)cc(OC)c1. The highest BCUT2D eigenvalue weighted by atomic mass is 32.2. The summed E-state index contributed by atoms with van der Waals surface area (Å²) < 4.78 is 86.0. The van der Waals surface area contributed by atoms with Crippen LogP contribution in [0.3, 0.4) is 0 Å². The van der Waals surface area contributed by atoms with Crippen LogP contribution in [0.1, 0.15) is 34.4 Å². The Kier molecular flexibility index (Phi) is 10.1. The number of hydrogen-bond donors (Lipinski definition) is 3. The van der Waals surface area contributed by atoms with E-state index in [2.05, 4.69) is 35.7 Å². The van der Waals surface area contributed by atoms with Crippen LogP contribution in [0.4, 0.5) is 29.9 Å². The maximum atomic E-state index is 13.7. The van der Waals surface area contributed by atoms with Crippen LogP contribution in [-0.2, 0) is 21.0 Å². The molecule has 0 aliphatic rings. The Hall–Kier alpha value is -5.83. The molecule has 5 rings (SSSR count). The highest BCUT2D eigenvalue weighted by molar-refractivity contribution is 7.92. The number of alkyl halides is 3. The van der Waals surface area contributed by atoms with Crippen LogP contribution in [-0.4, -0.2) is 71.3 Å². The van der Waals surface area contributed by atoms with Crippen molar-refractivity contribution in [2.45, 2.75) is 31.2 Å². The summed E-state index contributed by atoms with van der Waals surface area (Å²) in [5.41, 5.74) is -0.881. The average Bonchev–Trinajstić information content (AvgIpc) is 3.65. The lowest BCUT2D eigenvalue weighted by atomic mass is 10.1. The zero-order valence-corrected chi connectivity index (χ0v) is 29.2. The van der Waals surface area contributed by atoms with E-state index in [-0.39, 0.29) is 55.1 Å². The number of thiazole rings is 1. The Morgan fingerprint density at radius 1 is 0.922 bits per heavy atom. The van der Waals surface area contributed by atoms with E-state index < -0.39 is 33.7 Å². The molecule has 21 heteroatoms. The van der Waals surface area contributed by atoms with Crippen LogP contribution in [0.25, 0.3) is 16.9 Å². The van der Waals surface area contributed by atoms with Gasteiger partial charge < -0.3 is 24.8 Å². The molecule has 0 fully saturated rings. The van der Waals surface area contributed by atoms with Gasteiger partial charge in [-0.3, -0.25) is 9.59 Å². The number of methoxy groups -OCH3 is 3. The first kappa shape index (κ1) is 36.5. The smallest absolute Gasteiger partial charge is 0.435 e. The minimum absolute atomic E-state index is 0.00710. The number of pyridine rings is 1. The van der Waals surface area contributed by atoms with Gasteiger partial charge in [-0.15, -0.1) is 0 Å². The number of halogens is 3. The Labute approximate surface area is 292 Å². The number of anilines is 3. The van der Waals surface area contributed by atoms with Gasteiger partial charge in [-0.1, -0.05) is 11.3 Å². The van der Waals surface area contributed by atoms with Crippen molar-refractivity contribution in [1.82, 2.24) is 34.4 Å². The number of aryl methyl sites for hydroxylation is 2. The van der Waals surface area contributed by atoms with E-state index in [1.165, 1.54) is 60.6 Å². The Morgan fingerprint density at radius 3 is 2.20 bits per heavy atom. The van der Waals surface area contributed by atoms with Gasteiger partial charge >= 0.3 is 6.18 Å². The number of nitrogens with zero attached hydrogens (tertiary/aromatic N) is 6. The molecule has 0 bridgehead atoms. The zero-order chi connectivity index (χ0) is 37.2. The zero-order valence-electron chi connectivity index (χ0n) is 27.5. The van der Waals surface area contributed by atoms with E-state index in [0.29, 0.717) is 28.5 Å². The number of carbonyl (C=O) groups excluding carboxylic acids is 2. The molecule has 268 valence electrons. The van der Waals surface area contributed by atoms with Crippen molar-refractivity contribution in [3.63, 3.8) is 0 Å². The highest BCUT2D eigenvalue weighted by Gasteiger charge is 2.35. The van der Waals surface area contributed by atoms with Crippen molar-refractivity contribution >= 4 is 49.9 Å². The lowest BCUT2D eigenvalue weighted by Crippen LogP contribution is -2.31. The third kappa shape index (κ3) is 7.99. The number of nitrogens with one attached hydrogen (secondary N) is 3. The summed E-state index contributed by atoms with van der Waals surface area (Å²) in [6, 6.07) is 6.90. The fourth-order valence-electron chi connectivity index (χ4n) is 4.62. The molecular formula is C30H28F3N9O7S2. The fraction of sp³-hybridized carbons (Fsp3) is 0.233. The molecule has 0 radical (unpaired) electrons. The molecule has 0 aliphatic carbocycles. The average molecular weight is 748 g/mol. The van der Waals surface area contributed by atoms with Crippen LogP contribution in [0.15, 0.2) is 46.9 Å². The van der Waals surface area contributed by atoms with E-state index in [4.69, 9.17) is 14.2 Å². The van der Waals surface area contributed by atoms with Crippen LogP contribution in [0.5, 0.6) is 17.4 Å². The monoisotopic (exact) mass is 747 g/mol. The maximum absolute atomic E-state index is 13.7. The molecule has 1 aromatic carbocycles. The Bertz CT molecular complexity index is 2240. The summed E-state index contributed by atoms with van der Waals surface area (Å²) >= 11 is 0.633. The number of carbonyl (C=O) groups is 2. The standard InChI is InChI=1S/C30H28F3N9O7S2/c1-14-7-23(30(31,32)33)40-42(14)24-22(13-35-28(39-24)38-18-9-19(47-4)11-20(10-18)48-5)17-8-21(26(49-6)34-12-17)25(44)41-51(45,46)27-15(2)36-29(50-27)37-16(3)43/h7-13H,1-6H3,(H,41,44)(H,35,38,39)(H,36,37,43). The van der Waals surface area contributed by atoms with E-state index >= 15 is 0 Å². The second-order valence-electron chi connectivity index (χ2n) is 10.5. The van der Waals surface area contributed by atoms with Gasteiger partial charge in [0.05, 0.1) is 27.0 Å². The van der Waals surface area contributed by atoms with Crippen molar-refractivity contribution in [2.75, 3.05) is 32.0 Å². The predicted molar refractivity (Wildman–Crippen MR) is 177 cm³/mol. The van der Waals surface area contributed by atoms with Crippen molar-refractivity contribution in [1.29, 1.82) is 0 Å². The first-order valence-corrected chi connectivity index (χ1v) is 16.7. The molecule has 4 heterocycles. The third-order valence-electron chi connectivity index (χ3n) is 6.86. The molecule has 4 aromatic heterocycles. The summed E-state index contributed by atoms with van der Waals surface area (Å²) in [6.45, 7) is 4.00. The predicted octanol–water partition coefficient (Wildman–Crippen LogP) is 4.66. The molecule has 0 saturated heterocycles. The summed E-state index contributed by atoms with van der Waals surface area (Å²) in [7, 11) is -0.403. The first-order valence-electron chi connectivity index (χ1n) is 14.4. The van der Waals surface area contributed by atoms with Crippen molar-refractivity contribution in [3.8, 4) is 34.3 Å². The molecule has 0 saturated carbocycles. The van der Waals surface area contributed by atoms with E-state index in [0.717, 1.165) is 10.7 Å². The van der Waals surface area contributed by atoms with Gasteiger partial charge in [-0.05, 0) is 26.0 Å². The van der Waals surface area contributed by atoms with Crippen LogP contribution < -0.4 is 29.6 Å². The van der Waals surface area contributed by atoms with Crippen molar-refractivity contribution in [3.05, 3.63) is 65.4 Å². The number of ether oxygens (including phenoxy) is 3. The fourth-order valence-corrected chi connectivity index (χ4v) is 7.05. The maximum Gasteiger partial charge on any atom is 0.435 e. The van der Waals surface area contributed by atoms with Gasteiger partial charge in [0, 0.05) is 60.0 Å². The quantitative estimate of drug-likeness (QED) is 0.169. The number of hydrogen-bond acceptors (Lipinski definition) is 14. The van der Waals surface area contributed by atoms with Crippen molar-refractivity contribution < 1.29 is 45.4 Å². The number of rotatable bonds is 11. The van der Waals surface area contributed by atoms with Gasteiger partial charge in [0.15, 0.2) is 20.9 Å². The third-order valence-corrected chi connectivity index (χ3v) is 9.88. The van der Waals surface area contributed by atoms with Gasteiger partial charge in [0.25, 0.3) is 15.9 Å². The number of benzene rings is 1. The topological polar surface area (TPSA) is 201 Å². The largest absolute Gasteiger partial charge is 0.497 e. The lowest BCUT2D eigenvalue weighted by Gasteiger charge is -2.15. The molecule has 5 aromatic rings. The van der Waals surface area contributed by atoms with Crippen LogP contribution in [0.2, 0.25) is 0 Å². The van der Waals surface area contributed by atoms with Gasteiger partial charge in [0.2, 0.25) is 17.7 Å². The van der Waals surface area contributed by atoms with Gasteiger partial charge in [-0.25, -0.2) is 32.8 Å². The van der Waals surface area contributed by atoms with Gasteiger partial charge in [-0.2, -0.15) is 23.3 Å². The molecule has 51 heavy (non-hydrogen) atoms. The Balaban J connectivity index is 1.59. The minimum atomic E-state index is -4.78. The van der Waals surface area contributed by atoms with Crippen molar-refractivity contribution in [2.24, 2.45) is 0 Å². The molecular weight excluding hydrogens is 720 g/mol. The minimum Gasteiger partial charge on any atom is -0.497 e. The summed E-state index contributed by atoms with van der Waals surface area (Å²) in [4.78, 5) is 41.8. The van der Waals surface area contributed by atoms with E-state index in [9.17, 15) is 31.2 Å². The first-order chi connectivity index (χ1) is 24.0. The molecule has 0 atom stereocenters. The summed E-state index contributed by atoms with van der Waals surface area (Å²) in [5, 5.41) is 9.10. The molecule has 0 unspecified atom stereocenters. The van der Waals surface area contributed by atoms with E-state index in [1.807, 2.05) is 4.72 Å². The number of aromatic nitrogens is 6. The summed E-state index contributed by atoms with van der Waals surface area (Å²) in [5.74, 6) is -1.24. The molecule has 0 aliphatic heterocycles. The molecule has 3 N–H and O–H groups in total. The second-order valence-corrected chi connectivity index (χ2v) is 13.4. The summed E-state index contributed by atoms with van der Waals surface area (Å²) in [6.07, 6.45) is -2.27. The van der Waals surface area contributed by atoms with E-state index in [1.54, 1.807) is 18.2 Å². The number of amides is 2. The molecule has 16 nitrogen and oxygen atoms in total. The number of sulfonamides is 1. The normalized spacial score (nSPS) is 11.5. The van der Waals surface area contributed by atoms with Crippen LogP contribution >= 0.6 is 11.3 Å². The Morgan fingerprint density at radius 2 is 1.61 bits per heavy atom.